The Hall–Kier alpha value is -1.02. The second-order valence-corrected chi connectivity index (χ2v) is 5.17. The minimum Gasteiger partial charge on any atom is -0.382 e. The molecular weight excluding hydrogens is 210 g/mol. The number of hydrogen-bond donors (Lipinski definition) is 1. The Labute approximate surface area is 103 Å². The second-order valence-electron chi connectivity index (χ2n) is 5.17. The largest absolute Gasteiger partial charge is 0.382 e. The van der Waals surface area contributed by atoms with E-state index in [-0.39, 0.29) is 0 Å². The van der Waals surface area contributed by atoms with Gasteiger partial charge in [0, 0.05) is 18.8 Å². The summed E-state index contributed by atoms with van der Waals surface area (Å²) in [6.45, 7) is 1.91. The third kappa shape index (κ3) is 2.47. The summed E-state index contributed by atoms with van der Waals surface area (Å²) in [6.07, 6.45) is 8.04. The molecule has 2 heteroatoms. The van der Waals surface area contributed by atoms with Crippen LogP contribution in [-0.4, -0.2) is 19.3 Å². The van der Waals surface area contributed by atoms with Crippen LogP contribution in [0.4, 0.5) is 5.69 Å². The molecule has 1 fully saturated rings. The van der Waals surface area contributed by atoms with E-state index in [0.717, 1.165) is 13.2 Å². The molecule has 1 unspecified atom stereocenters. The molecule has 17 heavy (non-hydrogen) atoms. The molecule has 1 aliphatic carbocycles. The van der Waals surface area contributed by atoms with Crippen molar-refractivity contribution in [3.05, 3.63) is 29.3 Å². The van der Waals surface area contributed by atoms with E-state index in [1.54, 1.807) is 11.1 Å². The predicted octanol–water partition coefficient (Wildman–Crippen LogP) is 3.16. The van der Waals surface area contributed by atoms with Gasteiger partial charge < -0.3 is 10.1 Å². The maximum Gasteiger partial charge on any atom is 0.0748 e. The fourth-order valence-electron chi connectivity index (χ4n) is 2.98. The van der Waals surface area contributed by atoms with Gasteiger partial charge in [-0.2, -0.15) is 0 Å². The van der Waals surface area contributed by atoms with Crippen LogP contribution in [0.3, 0.4) is 0 Å². The van der Waals surface area contributed by atoms with E-state index in [9.17, 15) is 0 Å². The van der Waals surface area contributed by atoms with Gasteiger partial charge in [-0.1, -0.05) is 12.1 Å². The van der Waals surface area contributed by atoms with E-state index in [1.165, 1.54) is 44.2 Å². The third-order valence-corrected chi connectivity index (χ3v) is 3.94. The fourth-order valence-corrected chi connectivity index (χ4v) is 2.98. The standard InChI is InChI=1S/C15H21NO/c1-2-8-14-12(5-1)6-3-9-15(14)16-11-13-7-4-10-17-13/h3,6,9,13,16H,1-2,4-5,7-8,10-11H2. The first-order valence-corrected chi connectivity index (χ1v) is 6.90. The van der Waals surface area contributed by atoms with Crippen molar-refractivity contribution in [1.29, 1.82) is 0 Å². The number of fused-ring (bicyclic) bond motifs is 1. The molecule has 1 saturated heterocycles. The van der Waals surface area contributed by atoms with Crippen LogP contribution >= 0.6 is 0 Å². The molecule has 0 aromatic heterocycles. The quantitative estimate of drug-likeness (QED) is 0.862. The van der Waals surface area contributed by atoms with Crippen LogP contribution in [-0.2, 0) is 17.6 Å². The second kappa shape index (κ2) is 5.09. The van der Waals surface area contributed by atoms with E-state index in [4.69, 9.17) is 4.74 Å². The van der Waals surface area contributed by atoms with Crippen molar-refractivity contribution in [1.82, 2.24) is 0 Å². The Morgan fingerprint density at radius 3 is 3.00 bits per heavy atom. The molecule has 3 rings (SSSR count). The van der Waals surface area contributed by atoms with Gasteiger partial charge >= 0.3 is 0 Å². The molecular formula is C15H21NO. The van der Waals surface area contributed by atoms with Gasteiger partial charge in [-0.05, 0) is 55.7 Å². The third-order valence-electron chi connectivity index (χ3n) is 3.94. The van der Waals surface area contributed by atoms with E-state index < -0.39 is 0 Å². The molecule has 2 aliphatic rings. The summed E-state index contributed by atoms with van der Waals surface area (Å²) in [4.78, 5) is 0. The van der Waals surface area contributed by atoms with E-state index in [2.05, 4.69) is 23.5 Å². The molecule has 1 aliphatic heterocycles. The Kier molecular flexibility index (Phi) is 3.32. The van der Waals surface area contributed by atoms with Crippen molar-refractivity contribution in [3.63, 3.8) is 0 Å². The number of ether oxygens (including phenoxy) is 1. The maximum absolute atomic E-state index is 5.66. The average Bonchev–Trinajstić information content (AvgIpc) is 2.89. The lowest BCUT2D eigenvalue weighted by atomic mass is 9.90. The minimum absolute atomic E-state index is 0.425. The van der Waals surface area contributed by atoms with Crippen LogP contribution in [0.2, 0.25) is 0 Å². The number of aryl methyl sites for hydroxylation is 1. The van der Waals surface area contributed by atoms with E-state index >= 15 is 0 Å². The number of rotatable bonds is 3. The topological polar surface area (TPSA) is 21.3 Å². The summed E-state index contributed by atoms with van der Waals surface area (Å²) in [5.41, 5.74) is 4.45. The Morgan fingerprint density at radius 2 is 2.12 bits per heavy atom. The highest BCUT2D eigenvalue weighted by Gasteiger charge is 2.17. The molecule has 1 atom stereocenters. The van der Waals surface area contributed by atoms with Crippen molar-refractivity contribution in [2.75, 3.05) is 18.5 Å². The first kappa shape index (κ1) is 11.1. The molecule has 1 aromatic carbocycles. The van der Waals surface area contributed by atoms with Gasteiger partial charge in [-0.15, -0.1) is 0 Å². The van der Waals surface area contributed by atoms with Gasteiger partial charge in [0.25, 0.3) is 0 Å². The molecule has 1 heterocycles. The molecule has 1 aromatic rings. The zero-order valence-corrected chi connectivity index (χ0v) is 10.4. The molecule has 0 saturated carbocycles. The molecule has 2 nitrogen and oxygen atoms in total. The molecule has 0 radical (unpaired) electrons. The van der Waals surface area contributed by atoms with Crippen molar-refractivity contribution in [2.24, 2.45) is 0 Å². The first-order valence-electron chi connectivity index (χ1n) is 6.90. The smallest absolute Gasteiger partial charge is 0.0748 e. The van der Waals surface area contributed by atoms with Gasteiger partial charge in [0.1, 0.15) is 0 Å². The minimum atomic E-state index is 0.425. The fraction of sp³-hybridized carbons (Fsp3) is 0.600. The number of benzene rings is 1. The van der Waals surface area contributed by atoms with Gasteiger partial charge in [-0.25, -0.2) is 0 Å². The van der Waals surface area contributed by atoms with Gasteiger partial charge in [0.2, 0.25) is 0 Å². The molecule has 92 valence electrons. The van der Waals surface area contributed by atoms with Gasteiger partial charge in [0.05, 0.1) is 6.10 Å². The molecule has 0 bridgehead atoms. The van der Waals surface area contributed by atoms with E-state index in [1.807, 2.05) is 0 Å². The summed E-state index contributed by atoms with van der Waals surface area (Å²) in [5.74, 6) is 0. The number of hydrogen-bond acceptors (Lipinski definition) is 2. The summed E-state index contributed by atoms with van der Waals surface area (Å²) in [5, 5.41) is 3.59. The van der Waals surface area contributed by atoms with E-state index in [0.29, 0.717) is 6.10 Å². The van der Waals surface area contributed by atoms with Crippen molar-refractivity contribution >= 4 is 5.69 Å². The zero-order chi connectivity index (χ0) is 11.5. The van der Waals surface area contributed by atoms with Crippen LogP contribution in [0.15, 0.2) is 18.2 Å². The molecule has 1 N–H and O–H groups in total. The summed E-state index contributed by atoms with van der Waals surface area (Å²) in [7, 11) is 0. The normalized spacial score (nSPS) is 23.4. The lowest BCUT2D eigenvalue weighted by Crippen LogP contribution is -2.19. The highest BCUT2D eigenvalue weighted by Crippen LogP contribution is 2.28. The molecule has 0 amide bonds. The average molecular weight is 231 g/mol. The summed E-state index contributed by atoms with van der Waals surface area (Å²) in [6, 6.07) is 6.69. The lowest BCUT2D eigenvalue weighted by molar-refractivity contribution is 0.120. The van der Waals surface area contributed by atoms with Gasteiger partial charge in [0.15, 0.2) is 0 Å². The summed E-state index contributed by atoms with van der Waals surface area (Å²) >= 11 is 0. The maximum atomic E-state index is 5.66. The Morgan fingerprint density at radius 1 is 1.18 bits per heavy atom. The van der Waals surface area contributed by atoms with Crippen molar-refractivity contribution in [3.8, 4) is 0 Å². The summed E-state index contributed by atoms with van der Waals surface area (Å²) < 4.78 is 5.66. The Balaban J connectivity index is 1.69. The van der Waals surface area contributed by atoms with Crippen LogP contribution in [0.5, 0.6) is 0 Å². The Bertz CT molecular complexity index is 383. The van der Waals surface area contributed by atoms with Crippen LogP contribution in [0.1, 0.15) is 36.8 Å². The molecule has 0 spiro atoms. The first-order chi connectivity index (χ1) is 8.43. The SMILES string of the molecule is c1cc2c(c(NCC3CCCO3)c1)CCCC2. The predicted molar refractivity (Wildman–Crippen MR) is 70.5 cm³/mol. The van der Waals surface area contributed by atoms with Gasteiger partial charge in [-0.3, -0.25) is 0 Å². The highest BCUT2D eigenvalue weighted by molar-refractivity contribution is 5.55. The number of nitrogens with one attached hydrogen (secondary N) is 1. The van der Waals surface area contributed by atoms with Crippen LogP contribution in [0, 0.1) is 0 Å². The highest BCUT2D eigenvalue weighted by atomic mass is 16.5. The number of anilines is 1. The van der Waals surface area contributed by atoms with Crippen LogP contribution in [0.25, 0.3) is 0 Å². The van der Waals surface area contributed by atoms with Crippen LogP contribution < -0.4 is 5.32 Å². The van der Waals surface area contributed by atoms with Crippen molar-refractivity contribution in [2.45, 2.75) is 44.6 Å². The van der Waals surface area contributed by atoms with Crippen molar-refractivity contribution < 1.29 is 4.74 Å². The zero-order valence-electron chi connectivity index (χ0n) is 10.4. The monoisotopic (exact) mass is 231 g/mol. The lowest BCUT2D eigenvalue weighted by Gasteiger charge is -2.21.